The number of ether oxygens (including phenoxy) is 1. The lowest BCUT2D eigenvalue weighted by Crippen LogP contribution is -2.24. The van der Waals surface area contributed by atoms with E-state index in [0.29, 0.717) is 5.56 Å². The number of carbonyl (C=O) groups is 1. The largest absolute Gasteiger partial charge is 0.465 e. The first-order valence-corrected chi connectivity index (χ1v) is 8.80. The fourth-order valence-electron chi connectivity index (χ4n) is 2.94. The van der Waals surface area contributed by atoms with Crippen LogP contribution in [0.3, 0.4) is 0 Å². The number of rotatable bonds is 6. The number of nitrogens with zero attached hydrogens (tertiary/aromatic N) is 3. The van der Waals surface area contributed by atoms with Crippen molar-refractivity contribution in [1.29, 1.82) is 10.5 Å². The number of piperidine rings is 1. The fraction of sp³-hybridized carbons (Fsp3) is 0.381. The van der Waals surface area contributed by atoms with Gasteiger partial charge in [-0.25, -0.2) is 4.79 Å². The maximum Gasteiger partial charge on any atom is 0.337 e. The summed E-state index contributed by atoms with van der Waals surface area (Å²) in [5, 5.41) is 18.1. The zero-order chi connectivity index (χ0) is 18.8. The monoisotopic (exact) mass is 349 g/mol. The zero-order valence-corrected chi connectivity index (χ0v) is 15.1. The molecule has 1 aromatic carbocycles. The molecule has 0 unspecified atom stereocenters. The number of hydrogen-bond donors (Lipinski definition) is 0. The summed E-state index contributed by atoms with van der Waals surface area (Å²) >= 11 is 0. The molecule has 1 heterocycles. The van der Waals surface area contributed by atoms with Gasteiger partial charge in [-0.05, 0) is 61.4 Å². The first-order chi connectivity index (χ1) is 12.7. The molecular weight excluding hydrogens is 326 g/mol. The third kappa shape index (κ3) is 5.79. The van der Waals surface area contributed by atoms with Crippen molar-refractivity contribution in [2.24, 2.45) is 0 Å². The summed E-state index contributed by atoms with van der Waals surface area (Å²) < 4.78 is 4.70. The number of carbonyl (C=O) groups excluding carboxylic acids is 1. The van der Waals surface area contributed by atoms with Crippen molar-refractivity contribution in [3.63, 3.8) is 0 Å². The molecule has 0 aliphatic carbocycles. The average molecular weight is 349 g/mol. The smallest absolute Gasteiger partial charge is 0.337 e. The highest BCUT2D eigenvalue weighted by atomic mass is 16.5. The number of allylic oxidation sites excluding steroid dienone is 3. The first kappa shape index (κ1) is 19.3. The third-order valence-electron chi connectivity index (χ3n) is 4.39. The summed E-state index contributed by atoms with van der Waals surface area (Å²) in [4.78, 5) is 13.8. The summed E-state index contributed by atoms with van der Waals surface area (Å²) in [6.45, 7) is 2.03. The normalized spacial score (nSPS) is 14.1. The molecule has 1 saturated heterocycles. The summed E-state index contributed by atoms with van der Waals surface area (Å²) in [5.74, 6) is -0.349. The van der Waals surface area contributed by atoms with E-state index in [4.69, 9.17) is 15.3 Å². The predicted molar refractivity (Wildman–Crippen MR) is 98.9 cm³/mol. The van der Waals surface area contributed by atoms with E-state index in [1.807, 2.05) is 24.3 Å². The Morgan fingerprint density at radius 2 is 1.81 bits per heavy atom. The van der Waals surface area contributed by atoms with Crippen molar-refractivity contribution < 1.29 is 9.53 Å². The van der Waals surface area contributed by atoms with Gasteiger partial charge in [0.1, 0.15) is 17.7 Å². The van der Waals surface area contributed by atoms with Crippen LogP contribution in [0.4, 0.5) is 0 Å². The van der Waals surface area contributed by atoms with Crippen molar-refractivity contribution in [3.8, 4) is 12.1 Å². The minimum absolute atomic E-state index is 0.120. The lowest BCUT2D eigenvalue weighted by Gasteiger charge is -2.26. The van der Waals surface area contributed by atoms with Crippen LogP contribution in [-0.4, -0.2) is 31.1 Å². The molecule has 5 nitrogen and oxygen atoms in total. The number of aryl methyl sites for hydroxylation is 1. The molecule has 0 spiro atoms. The van der Waals surface area contributed by atoms with Gasteiger partial charge in [-0.1, -0.05) is 12.1 Å². The highest BCUT2D eigenvalue weighted by Crippen LogP contribution is 2.17. The van der Waals surface area contributed by atoms with Crippen LogP contribution in [0.1, 0.15) is 41.6 Å². The molecule has 0 amide bonds. The molecule has 0 aromatic heterocycles. The summed E-state index contributed by atoms with van der Waals surface area (Å²) in [6, 6.07) is 11.2. The van der Waals surface area contributed by atoms with E-state index in [0.717, 1.165) is 37.1 Å². The molecule has 2 rings (SSSR count). The molecule has 1 aliphatic rings. The maximum atomic E-state index is 11.5. The second kappa shape index (κ2) is 10.1. The Bertz CT molecular complexity index is 742. The Morgan fingerprint density at radius 3 is 2.38 bits per heavy atom. The van der Waals surface area contributed by atoms with Gasteiger partial charge >= 0.3 is 5.97 Å². The Labute approximate surface area is 154 Å². The van der Waals surface area contributed by atoms with Crippen molar-refractivity contribution in [1.82, 2.24) is 4.90 Å². The molecule has 0 radical (unpaired) electrons. The lowest BCUT2D eigenvalue weighted by molar-refractivity contribution is 0.0600. The van der Waals surface area contributed by atoms with Gasteiger partial charge < -0.3 is 9.64 Å². The molecule has 1 aliphatic heterocycles. The van der Waals surface area contributed by atoms with Gasteiger partial charge in [0, 0.05) is 19.3 Å². The van der Waals surface area contributed by atoms with Crippen LogP contribution in [0.25, 0.3) is 0 Å². The van der Waals surface area contributed by atoms with E-state index < -0.39 is 0 Å². The summed E-state index contributed by atoms with van der Waals surface area (Å²) in [7, 11) is 1.36. The van der Waals surface area contributed by atoms with Crippen molar-refractivity contribution in [2.45, 2.75) is 32.1 Å². The Kier molecular flexibility index (Phi) is 7.46. The quantitative estimate of drug-likeness (QED) is 0.444. The second-order valence-electron chi connectivity index (χ2n) is 6.27. The van der Waals surface area contributed by atoms with Crippen LogP contribution in [-0.2, 0) is 11.2 Å². The topological polar surface area (TPSA) is 77.1 Å². The van der Waals surface area contributed by atoms with E-state index >= 15 is 0 Å². The van der Waals surface area contributed by atoms with Crippen LogP contribution < -0.4 is 0 Å². The molecule has 26 heavy (non-hydrogen) atoms. The molecule has 0 saturated carbocycles. The fourth-order valence-corrected chi connectivity index (χ4v) is 2.94. The van der Waals surface area contributed by atoms with Crippen LogP contribution >= 0.6 is 0 Å². The molecule has 134 valence electrons. The van der Waals surface area contributed by atoms with Gasteiger partial charge in [0.05, 0.1) is 12.7 Å². The summed E-state index contributed by atoms with van der Waals surface area (Å²) in [6.07, 6.45) is 8.85. The Hall–Kier alpha value is -3.05. The third-order valence-corrected chi connectivity index (χ3v) is 4.39. The minimum atomic E-state index is -0.349. The highest BCUT2D eigenvalue weighted by Gasteiger charge is 2.09. The van der Waals surface area contributed by atoms with Gasteiger partial charge in [0.25, 0.3) is 0 Å². The summed E-state index contributed by atoms with van der Waals surface area (Å²) in [5.41, 5.74) is 2.71. The van der Waals surface area contributed by atoms with E-state index in [9.17, 15) is 4.79 Å². The van der Waals surface area contributed by atoms with Gasteiger partial charge in [-0.15, -0.1) is 0 Å². The van der Waals surface area contributed by atoms with Gasteiger partial charge in [-0.3, -0.25) is 0 Å². The van der Waals surface area contributed by atoms with Gasteiger partial charge in [0.2, 0.25) is 0 Å². The molecule has 1 fully saturated rings. The predicted octanol–water partition coefficient (Wildman–Crippen LogP) is 3.75. The molecule has 0 N–H and O–H groups in total. The van der Waals surface area contributed by atoms with Gasteiger partial charge in [-0.2, -0.15) is 10.5 Å². The first-order valence-electron chi connectivity index (χ1n) is 8.80. The van der Waals surface area contributed by atoms with Crippen molar-refractivity contribution in [3.05, 3.63) is 58.8 Å². The Morgan fingerprint density at radius 1 is 1.15 bits per heavy atom. The SMILES string of the molecule is COC(=O)c1ccc(CC/C(C=C(C#N)C#N)=C/N2CCCCC2)cc1. The highest BCUT2D eigenvalue weighted by molar-refractivity contribution is 5.89. The van der Waals surface area contributed by atoms with E-state index in [2.05, 4.69) is 11.1 Å². The second-order valence-corrected chi connectivity index (χ2v) is 6.27. The van der Waals surface area contributed by atoms with E-state index in [1.54, 1.807) is 18.2 Å². The number of likely N-dealkylation sites (tertiary alicyclic amines) is 1. The molecule has 0 bridgehead atoms. The molecular formula is C21H23N3O2. The van der Waals surface area contributed by atoms with Crippen molar-refractivity contribution in [2.75, 3.05) is 20.2 Å². The van der Waals surface area contributed by atoms with Crippen LogP contribution in [0, 0.1) is 22.7 Å². The Balaban J connectivity index is 2.10. The van der Waals surface area contributed by atoms with Crippen LogP contribution in [0.15, 0.2) is 47.7 Å². The number of esters is 1. The number of methoxy groups -OCH3 is 1. The van der Waals surface area contributed by atoms with E-state index in [-0.39, 0.29) is 11.5 Å². The van der Waals surface area contributed by atoms with Crippen LogP contribution in [0.2, 0.25) is 0 Å². The van der Waals surface area contributed by atoms with Crippen LogP contribution in [0.5, 0.6) is 0 Å². The lowest BCUT2D eigenvalue weighted by atomic mass is 10.0. The number of hydrogen-bond acceptors (Lipinski definition) is 5. The number of benzene rings is 1. The van der Waals surface area contributed by atoms with Crippen molar-refractivity contribution >= 4 is 5.97 Å². The zero-order valence-electron chi connectivity index (χ0n) is 15.1. The average Bonchev–Trinajstić information content (AvgIpc) is 2.70. The number of nitriles is 2. The molecule has 5 heteroatoms. The minimum Gasteiger partial charge on any atom is -0.465 e. The van der Waals surface area contributed by atoms with Gasteiger partial charge in [0.15, 0.2) is 0 Å². The maximum absolute atomic E-state index is 11.5. The molecule has 0 atom stereocenters. The van der Waals surface area contributed by atoms with E-state index in [1.165, 1.54) is 26.4 Å². The molecule has 1 aromatic rings. The standard InChI is InChI=1S/C21H23N3O2/c1-26-21(25)20-9-7-17(8-10-20)5-6-18(13-19(14-22)15-23)16-24-11-3-2-4-12-24/h7-10,13,16H,2-6,11-12H2,1H3/b18-16-.